The highest BCUT2D eigenvalue weighted by molar-refractivity contribution is 5.61. The van der Waals surface area contributed by atoms with Gasteiger partial charge in [0.2, 0.25) is 0 Å². The Morgan fingerprint density at radius 3 is 2.21 bits per heavy atom. The highest BCUT2D eigenvalue weighted by atomic mass is 19.1. The summed E-state index contributed by atoms with van der Waals surface area (Å²) in [7, 11) is 0. The summed E-state index contributed by atoms with van der Waals surface area (Å²) in [5.74, 6) is -0.862. The summed E-state index contributed by atoms with van der Waals surface area (Å²) in [4.78, 5) is 4.13. The van der Waals surface area contributed by atoms with Crippen LogP contribution in [0.1, 0.15) is 0 Å². The van der Waals surface area contributed by atoms with Gasteiger partial charge in [-0.3, -0.25) is 5.10 Å². The van der Waals surface area contributed by atoms with Gasteiger partial charge in [-0.15, -0.1) is 0 Å². The van der Waals surface area contributed by atoms with E-state index in [0.717, 1.165) is 5.56 Å². The van der Waals surface area contributed by atoms with Crippen LogP contribution in [0.15, 0.2) is 48.5 Å². The second-order valence-corrected chi connectivity index (χ2v) is 3.97. The first-order valence-electron chi connectivity index (χ1n) is 5.68. The van der Waals surface area contributed by atoms with E-state index < -0.39 is 11.6 Å². The predicted molar refractivity (Wildman–Crippen MR) is 67.2 cm³/mol. The van der Waals surface area contributed by atoms with Crippen LogP contribution in [0.2, 0.25) is 0 Å². The van der Waals surface area contributed by atoms with E-state index in [0.29, 0.717) is 5.82 Å². The van der Waals surface area contributed by atoms with Crippen molar-refractivity contribution in [3.05, 3.63) is 60.2 Å². The molecule has 0 fully saturated rings. The number of aromatic nitrogens is 3. The van der Waals surface area contributed by atoms with Crippen LogP contribution < -0.4 is 0 Å². The van der Waals surface area contributed by atoms with Crippen molar-refractivity contribution in [1.82, 2.24) is 15.2 Å². The van der Waals surface area contributed by atoms with E-state index in [1.807, 2.05) is 30.3 Å². The molecule has 0 spiro atoms. The molecule has 2 aromatic carbocycles. The van der Waals surface area contributed by atoms with Gasteiger partial charge in [0.15, 0.2) is 11.6 Å². The number of benzene rings is 2. The number of H-pyrrole nitrogens is 1. The van der Waals surface area contributed by atoms with Crippen LogP contribution >= 0.6 is 0 Å². The average molecular weight is 257 g/mol. The number of rotatable bonds is 2. The fraction of sp³-hybridized carbons (Fsp3) is 0. The lowest BCUT2D eigenvalue weighted by Crippen LogP contribution is -1.91. The van der Waals surface area contributed by atoms with E-state index in [4.69, 9.17) is 0 Å². The molecule has 0 aliphatic rings. The Morgan fingerprint density at radius 2 is 1.53 bits per heavy atom. The SMILES string of the molecule is Fc1cccc(F)c1-c1nc(-c2ccccc2)n[nH]1. The second kappa shape index (κ2) is 4.61. The molecule has 0 amide bonds. The van der Waals surface area contributed by atoms with Crippen molar-refractivity contribution in [3.63, 3.8) is 0 Å². The molecule has 0 aliphatic heterocycles. The van der Waals surface area contributed by atoms with Gasteiger partial charge in [0.25, 0.3) is 0 Å². The van der Waals surface area contributed by atoms with E-state index in [9.17, 15) is 8.78 Å². The lowest BCUT2D eigenvalue weighted by molar-refractivity contribution is 0.587. The van der Waals surface area contributed by atoms with Gasteiger partial charge in [0.05, 0.1) is 5.56 Å². The van der Waals surface area contributed by atoms with Crippen molar-refractivity contribution in [2.45, 2.75) is 0 Å². The van der Waals surface area contributed by atoms with Gasteiger partial charge in [-0.1, -0.05) is 36.4 Å². The summed E-state index contributed by atoms with van der Waals surface area (Å²) in [6, 6.07) is 12.9. The maximum atomic E-state index is 13.6. The van der Waals surface area contributed by atoms with Crippen LogP contribution in [0.25, 0.3) is 22.8 Å². The van der Waals surface area contributed by atoms with Crippen LogP contribution in [-0.4, -0.2) is 15.2 Å². The first-order valence-corrected chi connectivity index (χ1v) is 5.68. The Hall–Kier alpha value is -2.56. The topological polar surface area (TPSA) is 41.6 Å². The molecule has 0 aliphatic carbocycles. The van der Waals surface area contributed by atoms with Crippen LogP contribution in [-0.2, 0) is 0 Å². The molecule has 0 saturated carbocycles. The molecule has 1 N–H and O–H groups in total. The molecule has 0 saturated heterocycles. The van der Waals surface area contributed by atoms with Gasteiger partial charge in [-0.05, 0) is 12.1 Å². The fourth-order valence-corrected chi connectivity index (χ4v) is 1.81. The molecule has 1 aromatic heterocycles. The van der Waals surface area contributed by atoms with Crippen LogP contribution in [0.3, 0.4) is 0 Å². The van der Waals surface area contributed by atoms with Gasteiger partial charge < -0.3 is 0 Å². The summed E-state index contributed by atoms with van der Waals surface area (Å²) in [5, 5.41) is 6.54. The molecular formula is C14H9F2N3. The number of nitrogens with one attached hydrogen (secondary N) is 1. The van der Waals surface area contributed by atoms with Crippen molar-refractivity contribution >= 4 is 0 Å². The molecule has 3 aromatic rings. The van der Waals surface area contributed by atoms with Crippen molar-refractivity contribution in [2.24, 2.45) is 0 Å². The van der Waals surface area contributed by atoms with Gasteiger partial charge in [0.1, 0.15) is 11.6 Å². The molecule has 0 radical (unpaired) electrons. The maximum absolute atomic E-state index is 13.6. The predicted octanol–water partition coefficient (Wildman–Crippen LogP) is 3.42. The second-order valence-electron chi connectivity index (χ2n) is 3.97. The molecular weight excluding hydrogens is 248 g/mol. The number of nitrogens with zero attached hydrogens (tertiary/aromatic N) is 2. The first-order chi connectivity index (χ1) is 9.25. The first kappa shape index (κ1) is 11.5. The Bertz CT molecular complexity index is 687. The fourth-order valence-electron chi connectivity index (χ4n) is 1.81. The largest absolute Gasteiger partial charge is 0.258 e. The van der Waals surface area contributed by atoms with Crippen LogP contribution in [0.4, 0.5) is 8.78 Å². The molecule has 94 valence electrons. The minimum atomic E-state index is -0.671. The molecule has 0 atom stereocenters. The van der Waals surface area contributed by atoms with E-state index in [-0.39, 0.29) is 11.4 Å². The highest BCUT2D eigenvalue weighted by Crippen LogP contribution is 2.24. The molecule has 1 heterocycles. The summed E-state index contributed by atoms with van der Waals surface area (Å²) >= 11 is 0. The average Bonchev–Trinajstić information content (AvgIpc) is 2.89. The van der Waals surface area contributed by atoms with Crippen LogP contribution in [0.5, 0.6) is 0 Å². The Labute approximate surface area is 107 Å². The summed E-state index contributed by atoms with van der Waals surface area (Å²) in [5.41, 5.74) is 0.582. The van der Waals surface area contributed by atoms with E-state index in [1.165, 1.54) is 18.2 Å². The zero-order chi connectivity index (χ0) is 13.2. The molecule has 3 rings (SSSR count). The molecule has 19 heavy (non-hydrogen) atoms. The normalized spacial score (nSPS) is 10.6. The minimum Gasteiger partial charge on any atom is -0.258 e. The minimum absolute atomic E-state index is 0.0782. The van der Waals surface area contributed by atoms with Gasteiger partial charge in [-0.25, -0.2) is 13.8 Å². The smallest absolute Gasteiger partial charge is 0.181 e. The number of hydrogen-bond donors (Lipinski definition) is 1. The lowest BCUT2D eigenvalue weighted by atomic mass is 10.2. The van der Waals surface area contributed by atoms with Crippen molar-refractivity contribution in [1.29, 1.82) is 0 Å². The molecule has 5 heteroatoms. The Kier molecular flexibility index (Phi) is 2.79. The molecule has 0 unspecified atom stereocenters. The number of hydrogen-bond acceptors (Lipinski definition) is 2. The third kappa shape index (κ3) is 2.10. The zero-order valence-electron chi connectivity index (χ0n) is 9.77. The standard InChI is InChI=1S/C14H9F2N3/c15-10-7-4-8-11(16)12(10)14-17-13(18-19-14)9-5-2-1-3-6-9/h1-8H,(H,17,18,19). The van der Waals surface area contributed by atoms with Gasteiger partial charge >= 0.3 is 0 Å². The van der Waals surface area contributed by atoms with Crippen molar-refractivity contribution in [3.8, 4) is 22.8 Å². The van der Waals surface area contributed by atoms with Gasteiger partial charge in [0, 0.05) is 5.56 Å². The van der Waals surface area contributed by atoms with Crippen LogP contribution in [0, 0.1) is 11.6 Å². The summed E-state index contributed by atoms with van der Waals surface area (Å²) in [6.07, 6.45) is 0. The quantitative estimate of drug-likeness (QED) is 0.764. The van der Waals surface area contributed by atoms with E-state index in [2.05, 4.69) is 15.2 Å². The van der Waals surface area contributed by atoms with Crippen molar-refractivity contribution < 1.29 is 8.78 Å². The number of halogens is 2. The van der Waals surface area contributed by atoms with Crippen molar-refractivity contribution in [2.75, 3.05) is 0 Å². The van der Waals surface area contributed by atoms with E-state index >= 15 is 0 Å². The molecule has 0 bridgehead atoms. The zero-order valence-corrected chi connectivity index (χ0v) is 9.77. The van der Waals surface area contributed by atoms with E-state index in [1.54, 1.807) is 0 Å². The Balaban J connectivity index is 2.07. The lowest BCUT2D eigenvalue weighted by Gasteiger charge is -1.99. The Morgan fingerprint density at radius 1 is 0.842 bits per heavy atom. The number of aromatic amines is 1. The summed E-state index contributed by atoms with van der Waals surface area (Å²) in [6.45, 7) is 0. The third-order valence-electron chi connectivity index (χ3n) is 2.72. The summed E-state index contributed by atoms with van der Waals surface area (Å²) < 4.78 is 27.2. The third-order valence-corrected chi connectivity index (χ3v) is 2.72. The van der Waals surface area contributed by atoms with Gasteiger partial charge in [-0.2, -0.15) is 5.10 Å². The monoisotopic (exact) mass is 257 g/mol. The maximum Gasteiger partial charge on any atom is 0.181 e. The molecule has 3 nitrogen and oxygen atoms in total. The highest BCUT2D eigenvalue weighted by Gasteiger charge is 2.15.